The number of amides is 2. The maximum absolute atomic E-state index is 12.1. The molecule has 5 heteroatoms. The number of rotatable bonds is 7. The van der Waals surface area contributed by atoms with Crippen molar-refractivity contribution >= 4 is 16.9 Å². The molecule has 5 nitrogen and oxygen atoms in total. The average molecular weight is 302 g/mol. The SMILES string of the molecule is CCN(CC)CCN(C)C(=O)NCc1ccc2cc[nH]c2c1. The summed E-state index contributed by atoms with van der Waals surface area (Å²) in [5.41, 5.74) is 2.20. The number of nitrogens with zero attached hydrogens (tertiary/aromatic N) is 2. The molecule has 1 heterocycles. The van der Waals surface area contributed by atoms with Crippen LogP contribution in [0.1, 0.15) is 19.4 Å². The van der Waals surface area contributed by atoms with Crippen LogP contribution in [0, 0.1) is 0 Å². The fourth-order valence-electron chi connectivity index (χ4n) is 2.45. The Morgan fingerprint density at radius 3 is 2.68 bits per heavy atom. The molecule has 0 aliphatic rings. The first-order valence-corrected chi connectivity index (χ1v) is 7.91. The fourth-order valence-corrected chi connectivity index (χ4v) is 2.45. The van der Waals surface area contributed by atoms with Crippen molar-refractivity contribution in [3.8, 4) is 0 Å². The van der Waals surface area contributed by atoms with E-state index in [9.17, 15) is 4.79 Å². The summed E-state index contributed by atoms with van der Waals surface area (Å²) < 4.78 is 0. The number of hydrogen-bond acceptors (Lipinski definition) is 2. The van der Waals surface area contributed by atoms with E-state index in [1.165, 1.54) is 5.39 Å². The third-order valence-electron chi connectivity index (χ3n) is 4.06. The summed E-state index contributed by atoms with van der Waals surface area (Å²) in [6.45, 7) is 8.50. The normalized spacial score (nSPS) is 11.1. The topological polar surface area (TPSA) is 51.4 Å². The molecule has 0 aliphatic heterocycles. The zero-order valence-corrected chi connectivity index (χ0v) is 13.7. The third kappa shape index (κ3) is 4.24. The van der Waals surface area contributed by atoms with E-state index in [0.717, 1.165) is 37.3 Å². The molecule has 2 aromatic rings. The highest BCUT2D eigenvalue weighted by Crippen LogP contribution is 2.13. The minimum atomic E-state index is -0.0289. The number of H-pyrrole nitrogens is 1. The molecular weight excluding hydrogens is 276 g/mol. The first-order valence-electron chi connectivity index (χ1n) is 7.91. The van der Waals surface area contributed by atoms with Gasteiger partial charge in [-0.1, -0.05) is 26.0 Å². The van der Waals surface area contributed by atoms with Crippen LogP contribution in [0.3, 0.4) is 0 Å². The summed E-state index contributed by atoms with van der Waals surface area (Å²) in [6.07, 6.45) is 1.92. The van der Waals surface area contributed by atoms with Crippen LogP contribution in [0.2, 0.25) is 0 Å². The Hall–Kier alpha value is -2.01. The van der Waals surface area contributed by atoms with Crippen molar-refractivity contribution in [3.63, 3.8) is 0 Å². The smallest absolute Gasteiger partial charge is 0.317 e. The minimum absolute atomic E-state index is 0.0289. The molecule has 0 bridgehead atoms. The summed E-state index contributed by atoms with van der Waals surface area (Å²) >= 11 is 0. The highest BCUT2D eigenvalue weighted by atomic mass is 16.2. The van der Waals surface area contributed by atoms with Crippen molar-refractivity contribution in [1.82, 2.24) is 20.1 Å². The first-order chi connectivity index (χ1) is 10.6. The van der Waals surface area contributed by atoms with Crippen LogP contribution in [-0.2, 0) is 6.54 Å². The van der Waals surface area contributed by atoms with Crippen molar-refractivity contribution in [1.29, 1.82) is 0 Å². The number of nitrogens with one attached hydrogen (secondary N) is 2. The van der Waals surface area contributed by atoms with Gasteiger partial charge in [-0.3, -0.25) is 0 Å². The van der Waals surface area contributed by atoms with Gasteiger partial charge in [0.2, 0.25) is 0 Å². The summed E-state index contributed by atoms with van der Waals surface area (Å²) in [4.78, 5) is 19.3. The van der Waals surface area contributed by atoms with Crippen molar-refractivity contribution in [2.75, 3.05) is 33.2 Å². The predicted octanol–water partition coefficient (Wildman–Crippen LogP) is 2.65. The van der Waals surface area contributed by atoms with E-state index >= 15 is 0 Å². The Labute approximate surface area is 132 Å². The van der Waals surface area contributed by atoms with Gasteiger partial charge in [0.25, 0.3) is 0 Å². The minimum Gasteiger partial charge on any atom is -0.361 e. The molecule has 0 atom stereocenters. The molecule has 120 valence electrons. The van der Waals surface area contributed by atoms with Gasteiger partial charge in [0.15, 0.2) is 0 Å². The number of fused-ring (bicyclic) bond motifs is 1. The van der Waals surface area contributed by atoms with Crippen molar-refractivity contribution in [3.05, 3.63) is 36.0 Å². The highest BCUT2D eigenvalue weighted by Gasteiger charge is 2.09. The first kappa shape index (κ1) is 16.4. The van der Waals surface area contributed by atoms with Crippen LogP contribution in [-0.4, -0.2) is 54.0 Å². The zero-order chi connectivity index (χ0) is 15.9. The van der Waals surface area contributed by atoms with Crippen LogP contribution < -0.4 is 5.32 Å². The van der Waals surface area contributed by atoms with Crippen LogP contribution in [0.25, 0.3) is 10.9 Å². The van der Waals surface area contributed by atoms with Gasteiger partial charge in [-0.05, 0) is 36.2 Å². The number of hydrogen-bond donors (Lipinski definition) is 2. The van der Waals surface area contributed by atoms with Crippen LogP contribution in [0.5, 0.6) is 0 Å². The molecule has 0 spiro atoms. The van der Waals surface area contributed by atoms with Crippen molar-refractivity contribution < 1.29 is 4.79 Å². The Kier molecular flexibility index (Phi) is 5.83. The lowest BCUT2D eigenvalue weighted by molar-refractivity contribution is 0.197. The maximum atomic E-state index is 12.1. The monoisotopic (exact) mass is 302 g/mol. The van der Waals surface area contributed by atoms with Crippen molar-refractivity contribution in [2.24, 2.45) is 0 Å². The van der Waals surface area contributed by atoms with Gasteiger partial charge in [0, 0.05) is 38.4 Å². The third-order valence-corrected chi connectivity index (χ3v) is 4.06. The molecule has 0 fully saturated rings. The molecule has 0 unspecified atom stereocenters. The molecule has 2 amide bonds. The van der Waals surface area contributed by atoms with Gasteiger partial charge in [-0.2, -0.15) is 0 Å². The number of carbonyl (C=O) groups excluding carboxylic acids is 1. The largest absolute Gasteiger partial charge is 0.361 e. The lowest BCUT2D eigenvalue weighted by atomic mass is 10.1. The quantitative estimate of drug-likeness (QED) is 0.826. The summed E-state index contributed by atoms with van der Waals surface area (Å²) in [6, 6.07) is 8.20. The van der Waals surface area contributed by atoms with Crippen molar-refractivity contribution in [2.45, 2.75) is 20.4 Å². The van der Waals surface area contributed by atoms with Gasteiger partial charge < -0.3 is 20.1 Å². The lowest BCUT2D eigenvalue weighted by Crippen LogP contribution is -2.41. The summed E-state index contributed by atoms with van der Waals surface area (Å²) in [5.74, 6) is 0. The zero-order valence-electron chi connectivity index (χ0n) is 13.7. The Bertz CT molecular complexity index is 603. The van der Waals surface area contributed by atoms with Gasteiger partial charge in [0.05, 0.1) is 0 Å². The number of likely N-dealkylation sites (N-methyl/N-ethyl adjacent to an activating group) is 2. The van der Waals surface area contributed by atoms with E-state index in [1.807, 2.05) is 25.4 Å². The molecule has 2 N–H and O–H groups in total. The number of aromatic amines is 1. The van der Waals surface area contributed by atoms with E-state index < -0.39 is 0 Å². The second-order valence-electron chi connectivity index (χ2n) is 5.51. The second kappa shape index (κ2) is 7.84. The molecule has 1 aromatic heterocycles. The summed E-state index contributed by atoms with van der Waals surface area (Å²) in [5, 5.41) is 4.16. The Morgan fingerprint density at radius 1 is 1.18 bits per heavy atom. The van der Waals surface area contributed by atoms with Crippen LogP contribution >= 0.6 is 0 Å². The molecule has 0 aliphatic carbocycles. The van der Waals surface area contributed by atoms with Crippen LogP contribution in [0.4, 0.5) is 4.79 Å². The van der Waals surface area contributed by atoms with Gasteiger partial charge in [-0.15, -0.1) is 0 Å². The lowest BCUT2D eigenvalue weighted by Gasteiger charge is -2.23. The standard InChI is InChI=1S/C17H26N4O/c1-4-21(5-2)11-10-20(3)17(22)19-13-14-6-7-15-8-9-18-16(15)12-14/h6-9,12,18H,4-5,10-11,13H2,1-3H3,(H,19,22). The molecular formula is C17H26N4O. The van der Waals surface area contributed by atoms with E-state index in [1.54, 1.807) is 4.90 Å². The molecule has 22 heavy (non-hydrogen) atoms. The molecule has 2 rings (SSSR count). The summed E-state index contributed by atoms with van der Waals surface area (Å²) in [7, 11) is 1.84. The molecule has 1 aromatic carbocycles. The van der Waals surface area contributed by atoms with Gasteiger partial charge in [-0.25, -0.2) is 4.79 Å². The number of urea groups is 1. The van der Waals surface area contributed by atoms with Gasteiger partial charge >= 0.3 is 6.03 Å². The number of aromatic nitrogens is 1. The molecule has 0 saturated carbocycles. The highest BCUT2D eigenvalue weighted by molar-refractivity contribution is 5.80. The van der Waals surface area contributed by atoms with E-state index in [-0.39, 0.29) is 6.03 Å². The van der Waals surface area contributed by atoms with Crippen LogP contribution in [0.15, 0.2) is 30.5 Å². The Balaban J connectivity index is 1.81. The molecule has 0 saturated heterocycles. The number of carbonyl (C=O) groups is 1. The van der Waals surface area contributed by atoms with Gasteiger partial charge in [0.1, 0.15) is 0 Å². The fraction of sp³-hybridized carbons (Fsp3) is 0.471. The maximum Gasteiger partial charge on any atom is 0.317 e. The molecule has 0 radical (unpaired) electrons. The van der Waals surface area contributed by atoms with E-state index in [2.05, 4.69) is 41.2 Å². The second-order valence-corrected chi connectivity index (χ2v) is 5.51. The Morgan fingerprint density at radius 2 is 1.95 bits per heavy atom. The number of benzene rings is 1. The van der Waals surface area contributed by atoms with E-state index in [0.29, 0.717) is 6.54 Å². The average Bonchev–Trinajstić information content (AvgIpc) is 3.00. The predicted molar refractivity (Wildman–Crippen MR) is 91.0 cm³/mol. The van der Waals surface area contributed by atoms with E-state index in [4.69, 9.17) is 0 Å².